The van der Waals surface area contributed by atoms with Crippen LogP contribution in [0, 0.1) is 5.82 Å². The Morgan fingerprint density at radius 3 is 2.33 bits per heavy atom. The summed E-state index contributed by atoms with van der Waals surface area (Å²) in [4.78, 5) is 11.8. The van der Waals surface area contributed by atoms with E-state index in [0.717, 1.165) is 28.6 Å². The molecule has 144 valence electrons. The fourth-order valence-corrected chi connectivity index (χ4v) is 3.65. The molecule has 0 unspecified atom stereocenters. The third kappa shape index (κ3) is 5.30. The maximum Gasteiger partial charge on any atom is 0.326 e. The average Bonchev–Trinajstić information content (AvgIpc) is 2.65. The van der Waals surface area contributed by atoms with Gasteiger partial charge in [0.1, 0.15) is 24.7 Å². The molecule has 2 aromatic carbocycles. The highest BCUT2D eigenvalue weighted by Crippen LogP contribution is 2.26. The summed E-state index contributed by atoms with van der Waals surface area (Å²) >= 11 is 0. The van der Waals surface area contributed by atoms with Gasteiger partial charge < -0.3 is 9.47 Å². The molecule has 8 heteroatoms. The Morgan fingerprint density at radius 1 is 1.15 bits per heavy atom. The molecule has 0 amide bonds. The summed E-state index contributed by atoms with van der Waals surface area (Å²) in [5.41, 5.74) is 0.248. The van der Waals surface area contributed by atoms with E-state index < -0.39 is 28.4 Å². The van der Waals surface area contributed by atoms with Gasteiger partial charge in [-0.1, -0.05) is 12.7 Å². The first-order valence-corrected chi connectivity index (χ1v) is 9.60. The van der Waals surface area contributed by atoms with Crippen LogP contribution in [0.2, 0.25) is 0 Å². The quantitative estimate of drug-likeness (QED) is 0.483. The van der Waals surface area contributed by atoms with E-state index in [-0.39, 0.29) is 17.2 Å². The van der Waals surface area contributed by atoms with Gasteiger partial charge in [0, 0.05) is 0 Å². The lowest BCUT2D eigenvalue weighted by molar-refractivity contribution is -0.141. The minimum atomic E-state index is -4.11. The van der Waals surface area contributed by atoms with E-state index in [1.54, 1.807) is 25.1 Å². The summed E-state index contributed by atoms with van der Waals surface area (Å²) in [5, 5.41) is 0. The van der Waals surface area contributed by atoms with Crippen LogP contribution in [0.4, 0.5) is 10.1 Å². The average molecular weight is 393 g/mol. The molecule has 0 fully saturated rings. The number of carbonyl (C=O) groups excluding carboxylic acids is 1. The van der Waals surface area contributed by atoms with Gasteiger partial charge in [0.15, 0.2) is 0 Å². The zero-order valence-electron chi connectivity index (χ0n) is 14.8. The van der Waals surface area contributed by atoms with Crippen LogP contribution in [0.3, 0.4) is 0 Å². The molecule has 6 nitrogen and oxygen atoms in total. The second kappa shape index (κ2) is 9.18. The van der Waals surface area contributed by atoms with Crippen molar-refractivity contribution >= 4 is 21.7 Å². The fourth-order valence-electron chi connectivity index (χ4n) is 2.24. The minimum absolute atomic E-state index is 0.123. The van der Waals surface area contributed by atoms with Crippen molar-refractivity contribution in [3.63, 3.8) is 0 Å². The molecule has 0 spiro atoms. The van der Waals surface area contributed by atoms with E-state index in [0.29, 0.717) is 12.4 Å². The molecule has 0 N–H and O–H groups in total. The van der Waals surface area contributed by atoms with E-state index in [1.807, 2.05) is 0 Å². The molecular formula is C19H20FNO5S. The standard InChI is InChI=1S/C19H20FNO5S/c1-3-13-26-17-9-7-16(8-10-17)21(14-19(22)25-4-2)27(23,24)18-11-5-15(20)6-12-18/h3,5-12H,1,4,13-14H2,2H3. The van der Waals surface area contributed by atoms with Crippen LogP contribution >= 0.6 is 0 Å². The Labute approximate surface area is 157 Å². The van der Waals surface area contributed by atoms with Gasteiger partial charge in [-0.25, -0.2) is 12.8 Å². The number of anilines is 1. The molecule has 0 aliphatic heterocycles. The van der Waals surface area contributed by atoms with Crippen molar-refractivity contribution in [3.05, 3.63) is 67.0 Å². The van der Waals surface area contributed by atoms with Crippen molar-refractivity contribution in [3.8, 4) is 5.75 Å². The zero-order valence-corrected chi connectivity index (χ0v) is 15.6. The molecule has 0 radical (unpaired) electrons. The molecular weight excluding hydrogens is 373 g/mol. The number of hydrogen-bond acceptors (Lipinski definition) is 5. The van der Waals surface area contributed by atoms with Crippen LogP contribution in [0.25, 0.3) is 0 Å². The number of carbonyl (C=O) groups is 1. The van der Waals surface area contributed by atoms with Crippen molar-refractivity contribution in [2.45, 2.75) is 11.8 Å². The Morgan fingerprint density at radius 2 is 1.78 bits per heavy atom. The van der Waals surface area contributed by atoms with E-state index in [2.05, 4.69) is 6.58 Å². The number of ether oxygens (including phenoxy) is 2. The molecule has 0 saturated heterocycles. The highest BCUT2D eigenvalue weighted by atomic mass is 32.2. The number of hydrogen-bond donors (Lipinski definition) is 0. The zero-order chi connectivity index (χ0) is 19.9. The first-order valence-electron chi connectivity index (χ1n) is 8.16. The van der Waals surface area contributed by atoms with E-state index in [1.165, 1.54) is 12.1 Å². The van der Waals surface area contributed by atoms with E-state index >= 15 is 0 Å². The highest BCUT2D eigenvalue weighted by molar-refractivity contribution is 7.92. The van der Waals surface area contributed by atoms with Crippen molar-refractivity contribution in [1.82, 2.24) is 0 Å². The Kier molecular flexibility index (Phi) is 6.95. The lowest BCUT2D eigenvalue weighted by atomic mass is 10.3. The second-order valence-corrected chi connectivity index (χ2v) is 7.23. The lowest BCUT2D eigenvalue weighted by Crippen LogP contribution is -2.36. The molecule has 0 bridgehead atoms. The summed E-state index contributed by atoms with van der Waals surface area (Å²) in [6, 6.07) is 10.6. The molecule has 0 aliphatic carbocycles. The molecule has 0 aliphatic rings. The monoisotopic (exact) mass is 393 g/mol. The summed E-state index contributed by atoms with van der Waals surface area (Å²) in [5.74, 6) is -0.737. The molecule has 27 heavy (non-hydrogen) atoms. The number of nitrogens with zero attached hydrogens (tertiary/aromatic N) is 1. The number of rotatable bonds is 9. The highest BCUT2D eigenvalue weighted by Gasteiger charge is 2.27. The van der Waals surface area contributed by atoms with E-state index in [4.69, 9.17) is 9.47 Å². The van der Waals surface area contributed by atoms with Crippen LogP contribution in [-0.2, 0) is 19.6 Å². The number of esters is 1. The van der Waals surface area contributed by atoms with Gasteiger partial charge in [-0.15, -0.1) is 0 Å². The van der Waals surface area contributed by atoms with Crippen LogP contribution < -0.4 is 9.04 Å². The Hall–Kier alpha value is -2.87. The third-order valence-corrected chi connectivity index (χ3v) is 5.26. The summed E-state index contributed by atoms with van der Waals surface area (Å²) in [7, 11) is -4.11. The van der Waals surface area contributed by atoms with Gasteiger partial charge in [-0.2, -0.15) is 0 Å². The van der Waals surface area contributed by atoms with Crippen molar-refractivity contribution in [2.24, 2.45) is 0 Å². The first kappa shape index (κ1) is 20.4. The molecule has 0 heterocycles. The SMILES string of the molecule is C=CCOc1ccc(N(CC(=O)OCC)S(=O)(=O)c2ccc(F)cc2)cc1. The number of sulfonamides is 1. The summed E-state index contributed by atoms with van der Waals surface area (Å²) in [6.45, 7) is 5.09. The summed E-state index contributed by atoms with van der Waals surface area (Å²) in [6.07, 6.45) is 1.58. The van der Waals surface area contributed by atoms with Crippen LogP contribution in [0.5, 0.6) is 5.75 Å². The maximum atomic E-state index is 13.2. The molecule has 2 aromatic rings. The van der Waals surface area contributed by atoms with Crippen molar-refractivity contribution in [1.29, 1.82) is 0 Å². The van der Waals surface area contributed by atoms with Crippen molar-refractivity contribution in [2.75, 3.05) is 24.1 Å². The second-order valence-electron chi connectivity index (χ2n) is 5.36. The normalized spacial score (nSPS) is 10.9. The number of benzene rings is 2. The molecule has 2 rings (SSSR count). The predicted molar refractivity (Wildman–Crippen MR) is 99.7 cm³/mol. The topological polar surface area (TPSA) is 72.9 Å². The largest absolute Gasteiger partial charge is 0.490 e. The maximum absolute atomic E-state index is 13.2. The molecule has 0 saturated carbocycles. The van der Waals surface area contributed by atoms with Gasteiger partial charge in [-0.3, -0.25) is 9.10 Å². The van der Waals surface area contributed by atoms with Gasteiger partial charge in [0.25, 0.3) is 10.0 Å². The third-order valence-electron chi connectivity index (χ3n) is 3.47. The van der Waals surface area contributed by atoms with Crippen molar-refractivity contribution < 1.29 is 27.1 Å². The Bertz CT molecular complexity index is 879. The van der Waals surface area contributed by atoms with Gasteiger partial charge >= 0.3 is 5.97 Å². The molecule has 0 atom stereocenters. The fraction of sp³-hybridized carbons (Fsp3) is 0.211. The van der Waals surface area contributed by atoms with Gasteiger partial charge in [0.2, 0.25) is 0 Å². The van der Waals surface area contributed by atoms with Crippen LogP contribution in [-0.4, -0.2) is 34.1 Å². The van der Waals surface area contributed by atoms with Crippen LogP contribution in [0.15, 0.2) is 66.1 Å². The molecule has 0 aromatic heterocycles. The summed E-state index contributed by atoms with van der Waals surface area (Å²) < 4.78 is 50.3. The minimum Gasteiger partial charge on any atom is -0.490 e. The first-order chi connectivity index (χ1) is 12.9. The number of halogens is 1. The van der Waals surface area contributed by atoms with E-state index in [9.17, 15) is 17.6 Å². The lowest BCUT2D eigenvalue weighted by Gasteiger charge is -2.23. The van der Waals surface area contributed by atoms with Crippen LogP contribution in [0.1, 0.15) is 6.92 Å². The predicted octanol–water partition coefficient (Wildman–Crippen LogP) is 3.15. The Balaban J connectivity index is 2.39. The van der Waals surface area contributed by atoms with Gasteiger partial charge in [-0.05, 0) is 55.5 Å². The smallest absolute Gasteiger partial charge is 0.326 e. The van der Waals surface area contributed by atoms with Gasteiger partial charge in [0.05, 0.1) is 17.2 Å².